The van der Waals surface area contributed by atoms with E-state index in [0.717, 1.165) is 23.8 Å². The van der Waals surface area contributed by atoms with Gasteiger partial charge in [-0.15, -0.1) is 0 Å². The maximum absolute atomic E-state index is 5.20. The molecule has 1 rings (SSSR count). The second kappa shape index (κ2) is 6.81. The Kier molecular flexibility index (Phi) is 6.06. The van der Waals surface area contributed by atoms with E-state index in [9.17, 15) is 0 Å². The number of alkyl halides is 1. The zero-order valence-electron chi connectivity index (χ0n) is 9.34. The molecule has 0 saturated carbocycles. The van der Waals surface area contributed by atoms with Gasteiger partial charge in [-0.05, 0) is 24.8 Å². The summed E-state index contributed by atoms with van der Waals surface area (Å²) in [6, 6.07) is 0. The summed E-state index contributed by atoms with van der Waals surface area (Å²) in [4.78, 5) is 2.58. The monoisotopic (exact) mass is 263 g/mol. The molecule has 0 amide bonds. The van der Waals surface area contributed by atoms with Gasteiger partial charge < -0.3 is 9.64 Å². The van der Waals surface area contributed by atoms with E-state index in [2.05, 4.69) is 27.8 Å². The van der Waals surface area contributed by atoms with Crippen LogP contribution in [-0.2, 0) is 4.74 Å². The zero-order valence-corrected chi connectivity index (χ0v) is 10.9. The van der Waals surface area contributed by atoms with E-state index < -0.39 is 0 Å². The number of halogens is 1. The van der Waals surface area contributed by atoms with Gasteiger partial charge in [-0.25, -0.2) is 0 Å². The highest BCUT2D eigenvalue weighted by Gasteiger charge is 2.23. The molecule has 0 radical (unpaired) electrons. The largest absolute Gasteiger partial charge is 0.384 e. The molecule has 0 aliphatic carbocycles. The van der Waals surface area contributed by atoms with Gasteiger partial charge in [-0.3, -0.25) is 0 Å². The van der Waals surface area contributed by atoms with Crippen LogP contribution in [0.5, 0.6) is 0 Å². The first-order chi connectivity index (χ1) is 6.80. The zero-order chi connectivity index (χ0) is 10.4. The number of likely N-dealkylation sites (tertiary alicyclic amines) is 1. The van der Waals surface area contributed by atoms with Crippen LogP contribution in [0.15, 0.2) is 0 Å². The number of ether oxygens (including phenoxy) is 1. The minimum absolute atomic E-state index is 0.771. The predicted octanol–water partition coefficient (Wildman–Crippen LogP) is 2.38. The Morgan fingerprint density at radius 2 is 2.36 bits per heavy atom. The molecule has 84 valence electrons. The van der Waals surface area contributed by atoms with Crippen LogP contribution in [0, 0.1) is 11.8 Å². The molecule has 3 heteroatoms. The molecule has 14 heavy (non-hydrogen) atoms. The Morgan fingerprint density at radius 3 is 2.93 bits per heavy atom. The van der Waals surface area contributed by atoms with Gasteiger partial charge in [0.05, 0.1) is 6.61 Å². The summed E-state index contributed by atoms with van der Waals surface area (Å²) in [6.07, 6.45) is 2.59. The van der Waals surface area contributed by atoms with Crippen molar-refractivity contribution in [3.8, 4) is 0 Å². The number of methoxy groups -OCH3 is 1. The number of hydrogen-bond donors (Lipinski definition) is 0. The minimum Gasteiger partial charge on any atom is -0.384 e. The lowest BCUT2D eigenvalue weighted by molar-refractivity contribution is 0.151. The van der Waals surface area contributed by atoms with Crippen LogP contribution >= 0.6 is 15.9 Å². The van der Waals surface area contributed by atoms with Gasteiger partial charge in [0.2, 0.25) is 0 Å². The van der Waals surface area contributed by atoms with Crippen molar-refractivity contribution in [2.45, 2.75) is 19.8 Å². The Bertz CT molecular complexity index is 150. The summed E-state index contributed by atoms with van der Waals surface area (Å²) in [5.74, 6) is 1.59. The average Bonchev–Trinajstić information content (AvgIpc) is 2.63. The highest BCUT2D eigenvalue weighted by molar-refractivity contribution is 9.09. The summed E-state index contributed by atoms with van der Waals surface area (Å²) >= 11 is 3.58. The van der Waals surface area contributed by atoms with Crippen molar-refractivity contribution >= 4 is 15.9 Å². The first-order valence-corrected chi connectivity index (χ1v) is 6.69. The van der Waals surface area contributed by atoms with Gasteiger partial charge >= 0.3 is 0 Å². The van der Waals surface area contributed by atoms with Gasteiger partial charge in [0.25, 0.3) is 0 Å². The molecule has 1 saturated heterocycles. The van der Waals surface area contributed by atoms with Gasteiger partial charge in [0.1, 0.15) is 0 Å². The summed E-state index contributed by atoms with van der Waals surface area (Å²) in [5.41, 5.74) is 0. The quantitative estimate of drug-likeness (QED) is 0.683. The molecule has 0 bridgehead atoms. The molecule has 2 nitrogen and oxygen atoms in total. The van der Waals surface area contributed by atoms with E-state index in [0.29, 0.717) is 0 Å². The topological polar surface area (TPSA) is 12.5 Å². The Morgan fingerprint density at radius 1 is 1.57 bits per heavy atom. The third-order valence-electron chi connectivity index (χ3n) is 3.08. The number of nitrogens with zero attached hydrogens (tertiary/aromatic N) is 1. The van der Waals surface area contributed by atoms with Crippen molar-refractivity contribution in [3.05, 3.63) is 0 Å². The lowest BCUT2D eigenvalue weighted by Crippen LogP contribution is -2.28. The predicted molar refractivity (Wildman–Crippen MR) is 64.0 cm³/mol. The van der Waals surface area contributed by atoms with E-state index in [-0.39, 0.29) is 0 Å². The van der Waals surface area contributed by atoms with Crippen molar-refractivity contribution in [3.63, 3.8) is 0 Å². The fourth-order valence-electron chi connectivity index (χ4n) is 2.10. The fourth-order valence-corrected chi connectivity index (χ4v) is 2.77. The lowest BCUT2D eigenvalue weighted by atomic mass is 10.1. The highest BCUT2D eigenvalue weighted by atomic mass is 79.9. The smallest absolute Gasteiger partial charge is 0.0503 e. The summed E-state index contributed by atoms with van der Waals surface area (Å²) in [7, 11) is 1.80. The van der Waals surface area contributed by atoms with Crippen LogP contribution in [0.1, 0.15) is 19.8 Å². The van der Waals surface area contributed by atoms with Gasteiger partial charge in [-0.1, -0.05) is 29.3 Å². The van der Waals surface area contributed by atoms with Crippen LogP contribution in [0.25, 0.3) is 0 Å². The summed E-state index contributed by atoms with van der Waals surface area (Å²) < 4.78 is 5.20. The second-order valence-corrected chi connectivity index (χ2v) is 4.95. The van der Waals surface area contributed by atoms with Crippen LogP contribution in [0.2, 0.25) is 0 Å². The maximum atomic E-state index is 5.20. The summed E-state index contributed by atoms with van der Waals surface area (Å²) in [5, 5.41) is 1.13. The van der Waals surface area contributed by atoms with Crippen LogP contribution < -0.4 is 0 Å². The maximum Gasteiger partial charge on any atom is 0.0503 e. The Labute approximate surface area is 96.1 Å². The average molecular weight is 264 g/mol. The molecule has 0 aromatic carbocycles. The highest BCUT2D eigenvalue weighted by Crippen LogP contribution is 2.19. The number of rotatable bonds is 6. The van der Waals surface area contributed by atoms with Crippen molar-refractivity contribution in [1.82, 2.24) is 4.90 Å². The molecule has 1 heterocycles. The van der Waals surface area contributed by atoms with Crippen molar-refractivity contribution in [2.24, 2.45) is 11.8 Å². The molecule has 1 aliphatic rings. The van der Waals surface area contributed by atoms with E-state index in [1.807, 2.05) is 0 Å². The Hall–Kier alpha value is 0.400. The van der Waals surface area contributed by atoms with E-state index >= 15 is 0 Å². The third kappa shape index (κ3) is 3.87. The second-order valence-electron chi connectivity index (χ2n) is 4.30. The van der Waals surface area contributed by atoms with E-state index in [4.69, 9.17) is 4.74 Å². The van der Waals surface area contributed by atoms with E-state index in [1.165, 1.54) is 32.5 Å². The van der Waals surface area contributed by atoms with Gasteiger partial charge in [-0.2, -0.15) is 0 Å². The van der Waals surface area contributed by atoms with E-state index in [1.54, 1.807) is 7.11 Å². The molecule has 0 N–H and O–H groups in total. The van der Waals surface area contributed by atoms with Crippen molar-refractivity contribution in [1.29, 1.82) is 0 Å². The Balaban J connectivity index is 2.21. The molecule has 2 atom stereocenters. The molecular weight excluding hydrogens is 242 g/mol. The molecule has 1 fully saturated rings. The van der Waals surface area contributed by atoms with Crippen LogP contribution in [0.4, 0.5) is 0 Å². The van der Waals surface area contributed by atoms with Gasteiger partial charge in [0.15, 0.2) is 0 Å². The normalized spacial score (nSPS) is 25.5. The van der Waals surface area contributed by atoms with Crippen LogP contribution in [-0.4, -0.2) is 43.6 Å². The first-order valence-electron chi connectivity index (χ1n) is 5.57. The molecular formula is C11H22BrNO. The molecule has 0 aromatic rings. The fraction of sp³-hybridized carbons (Fsp3) is 1.00. The molecule has 0 spiro atoms. The third-order valence-corrected chi connectivity index (χ3v) is 4.00. The lowest BCUT2D eigenvalue weighted by Gasteiger charge is -2.21. The summed E-state index contributed by atoms with van der Waals surface area (Å²) in [6.45, 7) is 6.95. The molecule has 0 aromatic heterocycles. The molecule has 2 unspecified atom stereocenters. The SMILES string of the molecule is CCC(CBr)CN1CCC(COC)C1. The molecule has 1 aliphatic heterocycles. The van der Waals surface area contributed by atoms with Crippen molar-refractivity contribution < 1.29 is 4.74 Å². The van der Waals surface area contributed by atoms with Gasteiger partial charge in [0, 0.05) is 25.5 Å². The standard InChI is InChI=1S/C11H22BrNO/c1-3-10(6-12)7-13-5-4-11(8-13)9-14-2/h10-11H,3-9H2,1-2H3. The number of hydrogen-bond acceptors (Lipinski definition) is 2. The minimum atomic E-state index is 0.771. The van der Waals surface area contributed by atoms with Crippen LogP contribution in [0.3, 0.4) is 0 Å². The van der Waals surface area contributed by atoms with Crippen molar-refractivity contribution in [2.75, 3.05) is 38.7 Å². The first kappa shape index (κ1) is 12.5.